The second kappa shape index (κ2) is 14.3. The molecule has 17 heteroatoms. The maximum absolute atomic E-state index is 16.4. The number of hydrogen-bond donors (Lipinski definition) is 0. The second-order valence-electron chi connectivity index (χ2n) is 12.5. The summed E-state index contributed by atoms with van der Waals surface area (Å²) in [7, 11) is 0. The maximum Gasteiger partial charge on any atom is 2.00 e. The topological polar surface area (TPSA) is 25.8 Å². The number of hydrogen-bond acceptors (Lipinski definition) is 2. The zero-order valence-corrected chi connectivity index (χ0v) is 29.9. The maximum atomic E-state index is 16.4. The summed E-state index contributed by atoms with van der Waals surface area (Å²) < 4.78 is 211. The molecule has 0 radical (unpaired) electrons. The molecule has 1 aliphatic heterocycles. The van der Waals surface area contributed by atoms with Crippen molar-refractivity contribution in [1.82, 2.24) is 9.97 Å². The van der Waals surface area contributed by atoms with E-state index in [1.807, 2.05) is 0 Å². The van der Waals surface area contributed by atoms with Gasteiger partial charge in [0.25, 0.3) is 0 Å². The van der Waals surface area contributed by atoms with Gasteiger partial charge in [0.05, 0.1) is 34.4 Å². The second-order valence-corrected chi connectivity index (χ2v) is 12.5. The fourth-order valence-electron chi connectivity index (χ4n) is 6.01. The first-order chi connectivity index (χ1) is 25.9. The van der Waals surface area contributed by atoms with Crippen molar-refractivity contribution in [2.24, 2.45) is 0 Å². The van der Waals surface area contributed by atoms with E-state index in [9.17, 15) is 26.3 Å². The zero-order valence-electron chi connectivity index (χ0n) is 27.6. The number of halogens is 14. The van der Waals surface area contributed by atoms with Crippen LogP contribution in [-0.2, 0) is 26.5 Å². The monoisotopic (exact) mass is 971 g/mol. The predicted octanol–water partition coefficient (Wildman–Crippen LogP) is 11.5. The van der Waals surface area contributed by atoms with E-state index in [1.165, 1.54) is 38.1 Å². The molecule has 0 spiro atoms. The fourth-order valence-corrected chi connectivity index (χ4v) is 6.01. The van der Waals surface area contributed by atoms with Crippen molar-refractivity contribution in [2.75, 3.05) is 0 Å². The van der Waals surface area contributed by atoms with E-state index in [0.29, 0.717) is 12.2 Å². The Morgan fingerprint density at radius 2 is 0.679 bits per heavy atom. The molecule has 0 amide bonds. The van der Waals surface area contributed by atoms with Crippen molar-refractivity contribution in [2.45, 2.75) is 19.3 Å². The van der Waals surface area contributed by atoms with E-state index >= 15 is 35.1 Å². The molecule has 6 aromatic rings. The van der Waals surface area contributed by atoms with Crippen LogP contribution in [0, 0.1) is 93.6 Å². The van der Waals surface area contributed by atoms with Gasteiger partial charge in [0, 0.05) is 28.2 Å². The smallest absolute Gasteiger partial charge is 0.291 e. The number of rotatable bonds is 2. The number of benzene rings is 4. The molecule has 56 heavy (non-hydrogen) atoms. The molecule has 0 saturated carbocycles. The fraction of sp³-hybridized carbons (Fsp3) is 0.0769. The van der Waals surface area contributed by atoms with Crippen molar-refractivity contribution >= 4 is 12.2 Å². The van der Waals surface area contributed by atoms with Crippen molar-refractivity contribution in [1.29, 1.82) is 0 Å². The summed E-state index contributed by atoms with van der Waals surface area (Å²) in [6.45, 7) is 3.00. The van der Waals surface area contributed by atoms with E-state index in [4.69, 9.17) is 0 Å². The molecule has 0 N–H and O–H groups in total. The molecule has 3 heterocycles. The molecule has 0 fully saturated rings. The summed E-state index contributed by atoms with van der Waals surface area (Å²) in [4.78, 5) is 8.71. The van der Waals surface area contributed by atoms with Crippen molar-refractivity contribution < 1.29 is 82.5 Å². The van der Waals surface area contributed by atoms with Gasteiger partial charge in [-0.2, -0.15) is 0 Å². The van der Waals surface area contributed by atoms with Crippen LogP contribution in [0.15, 0.2) is 36.4 Å². The molecule has 288 valence electrons. The van der Waals surface area contributed by atoms with Crippen LogP contribution in [0.25, 0.3) is 56.9 Å². The van der Waals surface area contributed by atoms with Gasteiger partial charge >= 0.3 is 21.1 Å². The quantitative estimate of drug-likeness (QED) is 0.0748. The van der Waals surface area contributed by atoms with Crippen molar-refractivity contribution in [3.63, 3.8) is 0 Å². The molecular weight excluding hydrogens is 957 g/mol. The van der Waals surface area contributed by atoms with Crippen LogP contribution in [0.3, 0.4) is 0 Å². The SMILES string of the molecule is CC1(C)c2cccc(n2)-c2[c-]c(c(F)c(-c3c(F)c(F)c(F)c(F)c3F)c2F)/C=C\c2[c-]c(c(F)c(-c3c(F)c(F)c(F)c(F)c3F)c2F)-c2cccc1n2.[Pt+2]. The Bertz CT molecular complexity index is 2460. The van der Waals surface area contributed by atoms with Crippen molar-refractivity contribution in [3.8, 4) is 44.8 Å². The Kier molecular flexibility index (Phi) is 10.3. The van der Waals surface area contributed by atoms with Crippen molar-refractivity contribution in [3.05, 3.63) is 152 Å². The van der Waals surface area contributed by atoms with Gasteiger partial charge in [-0.05, 0) is 37.1 Å². The number of fused-ring (bicyclic) bond motifs is 10. The zero-order chi connectivity index (χ0) is 40.0. The first-order valence-corrected chi connectivity index (χ1v) is 15.4. The molecule has 0 saturated heterocycles. The van der Waals surface area contributed by atoms with Crippen LogP contribution in [0.5, 0.6) is 0 Å². The molecule has 0 unspecified atom stereocenters. The number of nitrogens with zero attached hydrogens (tertiary/aromatic N) is 2. The van der Waals surface area contributed by atoms with E-state index in [-0.39, 0.29) is 32.5 Å². The third-order valence-corrected chi connectivity index (χ3v) is 8.94. The molecule has 0 aliphatic carbocycles. The van der Waals surface area contributed by atoms with Gasteiger partial charge in [0.15, 0.2) is 46.5 Å². The average Bonchev–Trinajstić information content (AvgIpc) is 3.17. The van der Waals surface area contributed by atoms with E-state index in [1.54, 1.807) is 0 Å². The standard InChI is InChI=1S/C39H14F14N2.Pt/c1-39(2)19-7-3-5-17(54-19)15-11-13(25(40)21(27(15)42)23-29(44)33(48)37(52)34(49)30(23)45)9-10-14-12-16(18-6-4-8-20(39)55-18)28(43)22(26(14)41)24-31(46)35(50)38(53)36(51)32(24)47;/h3-10H,1-2H3;/q-2;+2/b10-9-;. The molecule has 2 aromatic heterocycles. The number of pyridine rings is 2. The summed E-state index contributed by atoms with van der Waals surface area (Å²) >= 11 is 0. The molecular formula is C39H14F14N2Pt. The summed E-state index contributed by atoms with van der Waals surface area (Å²) in [5.74, 6) is -34.1. The molecule has 1 aliphatic rings. The third-order valence-electron chi connectivity index (χ3n) is 8.94. The van der Waals surface area contributed by atoms with Crippen LogP contribution in [0.1, 0.15) is 36.4 Å². The molecule has 8 bridgehead atoms. The Morgan fingerprint density at radius 3 is 1.00 bits per heavy atom. The van der Waals surface area contributed by atoms with Crippen LogP contribution < -0.4 is 0 Å². The minimum absolute atomic E-state index is 0. The van der Waals surface area contributed by atoms with E-state index in [2.05, 4.69) is 22.1 Å². The van der Waals surface area contributed by atoms with E-state index < -0.39 is 143 Å². The molecule has 0 atom stereocenters. The van der Waals surface area contributed by atoms with Gasteiger partial charge in [-0.1, -0.05) is 46.5 Å². The first-order valence-electron chi connectivity index (χ1n) is 15.4. The molecule has 7 rings (SSSR count). The van der Waals surface area contributed by atoms with Gasteiger partial charge in [-0.15, -0.1) is 24.3 Å². The Labute approximate surface area is 320 Å². The Balaban J connectivity index is 0.00000532. The predicted molar refractivity (Wildman–Crippen MR) is 168 cm³/mol. The summed E-state index contributed by atoms with van der Waals surface area (Å²) in [5.41, 5.74) is -14.0. The Hall–Kier alpha value is -5.37. The van der Waals surface area contributed by atoms with Gasteiger partial charge in [0.1, 0.15) is 0 Å². The third kappa shape index (κ3) is 6.00. The van der Waals surface area contributed by atoms with Crippen LogP contribution in [0.4, 0.5) is 61.5 Å². The minimum Gasteiger partial charge on any atom is -0.291 e. The van der Waals surface area contributed by atoms with Gasteiger partial charge in [0.2, 0.25) is 11.6 Å². The summed E-state index contributed by atoms with van der Waals surface area (Å²) in [6, 6.07) is 12.0. The van der Waals surface area contributed by atoms with Gasteiger partial charge < -0.3 is 0 Å². The number of aromatic nitrogens is 2. The van der Waals surface area contributed by atoms with Gasteiger partial charge in [-0.25, -0.2) is 43.9 Å². The largest absolute Gasteiger partial charge is 2.00 e. The van der Waals surface area contributed by atoms with Crippen LogP contribution in [-0.4, -0.2) is 9.97 Å². The van der Waals surface area contributed by atoms with E-state index in [0.717, 1.165) is 12.1 Å². The van der Waals surface area contributed by atoms with Crippen LogP contribution in [0.2, 0.25) is 0 Å². The molecule has 2 nitrogen and oxygen atoms in total. The molecule has 4 aromatic carbocycles. The normalized spacial score (nSPS) is 13.5. The summed E-state index contributed by atoms with van der Waals surface area (Å²) in [5, 5.41) is 0. The first kappa shape index (κ1) is 40.3. The average molecular weight is 972 g/mol. The minimum atomic E-state index is -2.65. The van der Waals surface area contributed by atoms with Crippen LogP contribution >= 0.6 is 0 Å². The summed E-state index contributed by atoms with van der Waals surface area (Å²) in [6.07, 6.45) is 0.925. The van der Waals surface area contributed by atoms with Gasteiger partial charge in [-0.3, -0.25) is 27.5 Å². The Morgan fingerprint density at radius 1 is 0.393 bits per heavy atom.